The molecule has 5 rings (SSSR count). The summed E-state index contributed by atoms with van der Waals surface area (Å²) >= 11 is 0. The van der Waals surface area contributed by atoms with Crippen LogP contribution in [0.2, 0.25) is 0 Å². The quantitative estimate of drug-likeness (QED) is 0.696. The minimum atomic E-state index is -0.353. The zero-order valence-electron chi connectivity index (χ0n) is 18.1. The van der Waals surface area contributed by atoms with E-state index in [0.717, 1.165) is 30.0 Å². The van der Waals surface area contributed by atoms with E-state index in [-0.39, 0.29) is 17.7 Å². The molecule has 2 aromatic carbocycles. The molecule has 0 radical (unpaired) electrons. The largest absolute Gasteiger partial charge is 0.369 e. The normalized spacial score (nSPS) is 20.7. The van der Waals surface area contributed by atoms with Crippen molar-refractivity contribution >= 4 is 29.1 Å². The summed E-state index contributed by atoms with van der Waals surface area (Å²) in [4.78, 5) is 43.3. The first-order valence-corrected chi connectivity index (χ1v) is 11.1. The molecule has 3 amide bonds. The molecule has 0 aliphatic carbocycles. The van der Waals surface area contributed by atoms with Crippen LogP contribution < -0.4 is 9.80 Å². The maximum absolute atomic E-state index is 13.4. The Bertz CT molecular complexity index is 1090. The van der Waals surface area contributed by atoms with Crippen LogP contribution in [-0.4, -0.2) is 48.8 Å². The van der Waals surface area contributed by atoms with Gasteiger partial charge >= 0.3 is 0 Å². The first-order valence-electron chi connectivity index (χ1n) is 11.1. The highest BCUT2D eigenvalue weighted by molar-refractivity contribution is 6.22. The number of carbonyl (C=O) groups excluding carboxylic acids is 3. The molecule has 1 saturated heterocycles. The van der Waals surface area contributed by atoms with Crippen molar-refractivity contribution in [1.82, 2.24) is 4.90 Å². The monoisotopic (exact) mass is 417 g/mol. The fraction of sp³-hybridized carbons (Fsp3) is 0.400. The maximum Gasteiger partial charge on any atom is 0.261 e. The van der Waals surface area contributed by atoms with Crippen molar-refractivity contribution in [1.29, 1.82) is 0 Å². The fourth-order valence-electron chi connectivity index (χ4n) is 5.10. The van der Waals surface area contributed by atoms with E-state index in [1.165, 1.54) is 37.6 Å². The van der Waals surface area contributed by atoms with E-state index in [1.54, 1.807) is 18.2 Å². The first kappa shape index (κ1) is 19.8. The van der Waals surface area contributed by atoms with Gasteiger partial charge in [-0.3, -0.25) is 19.3 Å². The maximum atomic E-state index is 13.4. The highest BCUT2D eigenvalue weighted by atomic mass is 16.2. The van der Waals surface area contributed by atoms with E-state index in [9.17, 15) is 14.4 Å². The molecule has 3 aliphatic rings. The smallest absolute Gasteiger partial charge is 0.261 e. The van der Waals surface area contributed by atoms with Gasteiger partial charge in [-0.1, -0.05) is 0 Å². The van der Waals surface area contributed by atoms with Gasteiger partial charge in [0.25, 0.3) is 17.7 Å². The van der Waals surface area contributed by atoms with E-state index in [0.29, 0.717) is 29.3 Å². The predicted molar refractivity (Wildman–Crippen MR) is 120 cm³/mol. The Morgan fingerprint density at radius 1 is 0.935 bits per heavy atom. The van der Waals surface area contributed by atoms with Crippen LogP contribution in [0.4, 0.5) is 11.4 Å². The first-order chi connectivity index (χ1) is 15.0. The molecule has 0 spiro atoms. The lowest BCUT2D eigenvalue weighted by Crippen LogP contribution is -2.38. The van der Waals surface area contributed by atoms with Gasteiger partial charge in [-0.05, 0) is 81.0 Å². The summed E-state index contributed by atoms with van der Waals surface area (Å²) in [5.74, 6) is -0.798. The number of carbonyl (C=O) groups is 3. The molecular weight excluding hydrogens is 390 g/mol. The Balaban J connectivity index is 1.45. The van der Waals surface area contributed by atoms with Crippen molar-refractivity contribution in [2.24, 2.45) is 0 Å². The molecule has 3 heterocycles. The molecule has 0 N–H and O–H groups in total. The lowest BCUT2D eigenvalue weighted by molar-refractivity contribution is 0.0693. The zero-order chi connectivity index (χ0) is 21.7. The molecule has 3 aliphatic heterocycles. The molecular formula is C25H27N3O3. The van der Waals surface area contributed by atoms with Crippen molar-refractivity contribution in [3.63, 3.8) is 0 Å². The summed E-state index contributed by atoms with van der Waals surface area (Å²) in [5, 5.41) is 0. The molecule has 1 atom stereocenters. The number of benzene rings is 2. The summed E-state index contributed by atoms with van der Waals surface area (Å²) in [6.45, 7) is 4.01. The van der Waals surface area contributed by atoms with E-state index in [2.05, 4.69) is 30.0 Å². The minimum absolute atomic E-state index is 0.127. The fourth-order valence-corrected chi connectivity index (χ4v) is 5.10. The van der Waals surface area contributed by atoms with Gasteiger partial charge in [0.15, 0.2) is 0 Å². The van der Waals surface area contributed by atoms with Crippen LogP contribution >= 0.6 is 0 Å². The van der Waals surface area contributed by atoms with Gasteiger partial charge in [-0.15, -0.1) is 0 Å². The molecule has 0 bridgehead atoms. The topological polar surface area (TPSA) is 60.9 Å². The lowest BCUT2D eigenvalue weighted by atomic mass is 9.97. The highest BCUT2D eigenvalue weighted by Gasteiger charge is 2.34. The van der Waals surface area contributed by atoms with Gasteiger partial charge in [0.1, 0.15) is 0 Å². The number of piperidine rings is 1. The van der Waals surface area contributed by atoms with Gasteiger partial charge < -0.3 is 9.80 Å². The third-order valence-electron chi connectivity index (χ3n) is 6.90. The molecule has 1 fully saturated rings. The molecule has 2 aromatic rings. The number of anilines is 2. The van der Waals surface area contributed by atoms with Crippen molar-refractivity contribution in [3.05, 3.63) is 58.7 Å². The summed E-state index contributed by atoms with van der Waals surface area (Å²) in [5.41, 5.74) is 4.50. The Morgan fingerprint density at radius 2 is 1.74 bits per heavy atom. The number of rotatable bonds is 2. The number of hydrogen-bond donors (Lipinski definition) is 0. The summed E-state index contributed by atoms with van der Waals surface area (Å²) in [6.07, 6.45) is 5.59. The summed E-state index contributed by atoms with van der Waals surface area (Å²) < 4.78 is 0. The SMILES string of the molecule is CC1CCCCN1c1ccc2c(c1)CCCN2C(=O)c1ccc2c(c1)C(=O)N(C)C2=O. The van der Waals surface area contributed by atoms with Gasteiger partial charge in [0.05, 0.1) is 11.1 Å². The second-order valence-electron chi connectivity index (χ2n) is 8.84. The second kappa shape index (κ2) is 7.52. The molecule has 160 valence electrons. The number of nitrogens with zero attached hydrogens (tertiary/aromatic N) is 3. The van der Waals surface area contributed by atoms with Crippen LogP contribution in [0.5, 0.6) is 0 Å². The average Bonchev–Trinajstić information content (AvgIpc) is 3.01. The highest BCUT2D eigenvalue weighted by Crippen LogP contribution is 2.34. The van der Waals surface area contributed by atoms with Crippen LogP contribution in [0.15, 0.2) is 36.4 Å². The number of hydrogen-bond acceptors (Lipinski definition) is 4. The Labute approximate surface area is 182 Å². The number of aryl methyl sites for hydroxylation is 1. The summed E-state index contributed by atoms with van der Waals surface area (Å²) in [6, 6.07) is 11.8. The van der Waals surface area contributed by atoms with E-state index < -0.39 is 0 Å². The predicted octanol–water partition coefficient (Wildman–Crippen LogP) is 3.88. The molecule has 31 heavy (non-hydrogen) atoms. The number of imide groups is 1. The zero-order valence-corrected chi connectivity index (χ0v) is 18.1. The minimum Gasteiger partial charge on any atom is -0.369 e. The summed E-state index contributed by atoms with van der Waals surface area (Å²) in [7, 11) is 1.47. The Kier molecular flexibility index (Phi) is 4.80. The van der Waals surface area contributed by atoms with Gasteiger partial charge in [-0.25, -0.2) is 0 Å². The van der Waals surface area contributed by atoms with Crippen molar-refractivity contribution in [2.45, 2.75) is 45.1 Å². The van der Waals surface area contributed by atoms with Crippen molar-refractivity contribution < 1.29 is 14.4 Å². The Hall–Kier alpha value is -3.15. The van der Waals surface area contributed by atoms with Crippen molar-refractivity contribution in [3.8, 4) is 0 Å². The second-order valence-corrected chi connectivity index (χ2v) is 8.84. The van der Waals surface area contributed by atoms with Gasteiger partial charge in [-0.2, -0.15) is 0 Å². The van der Waals surface area contributed by atoms with Crippen LogP contribution in [0.1, 0.15) is 69.2 Å². The van der Waals surface area contributed by atoms with Gasteiger partial charge in [0, 0.05) is 43.1 Å². The van der Waals surface area contributed by atoms with E-state index in [1.807, 2.05) is 4.90 Å². The van der Waals surface area contributed by atoms with Crippen molar-refractivity contribution in [2.75, 3.05) is 29.9 Å². The van der Waals surface area contributed by atoms with Crippen LogP contribution in [-0.2, 0) is 6.42 Å². The Morgan fingerprint density at radius 3 is 2.55 bits per heavy atom. The molecule has 0 saturated carbocycles. The van der Waals surface area contributed by atoms with Gasteiger partial charge in [0.2, 0.25) is 0 Å². The number of fused-ring (bicyclic) bond motifs is 2. The molecule has 6 nitrogen and oxygen atoms in total. The van der Waals surface area contributed by atoms with Crippen LogP contribution in [0.3, 0.4) is 0 Å². The standard InChI is InChI=1S/C25H27N3O3/c1-16-6-3-4-12-27(16)19-9-11-22-17(14-19)7-5-13-28(22)23(29)18-8-10-20-21(15-18)25(31)26(2)24(20)30/h8-11,14-16H,3-7,12-13H2,1-2H3. The molecule has 6 heteroatoms. The third-order valence-corrected chi connectivity index (χ3v) is 6.90. The number of amides is 3. The average molecular weight is 418 g/mol. The van der Waals surface area contributed by atoms with E-state index >= 15 is 0 Å². The molecule has 0 aromatic heterocycles. The lowest BCUT2D eigenvalue weighted by Gasteiger charge is -2.37. The van der Waals surface area contributed by atoms with E-state index in [4.69, 9.17) is 0 Å². The molecule has 1 unspecified atom stereocenters. The van der Waals surface area contributed by atoms with Crippen LogP contribution in [0, 0.1) is 0 Å². The third kappa shape index (κ3) is 3.21. The van der Waals surface area contributed by atoms with Crippen LogP contribution in [0.25, 0.3) is 0 Å².